The Hall–Kier alpha value is -4.03. The largest absolute Gasteiger partial charge is 0.457 e. The van der Waals surface area contributed by atoms with Crippen LogP contribution in [0.2, 0.25) is 0 Å². The zero-order chi connectivity index (χ0) is 43.9. The van der Waals surface area contributed by atoms with Gasteiger partial charge in [-0.25, -0.2) is 4.42 Å². The summed E-state index contributed by atoms with van der Waals surface area (Å²) >= 11 is 14.4. The number of rotatable bonds is 16. The van der Waals surface area contributed by atoms with Crippen molar-refractivity contribution in [3.8, 4) is 22.6 Å². The molecule has 0 saturated carbocycles. The maximum absolute atomic E-state index is 14.0. The minimum Gasteiger partial charge on any atom is -0.457 e. The van der Waals surface area contributed by atoms with Gasteiger partial charge in [0.05, 0.1) is 46.9 Å². The van der Waals surface area contributed by atoms with Crippen molar-refractivity contribution in [2.75, 3.05) is 13.2 Å². The van der Waals surface area contributed by atoms with Gasteiger partial charge in [0.25, 0.3) is 0 Å². The Bertz CT molecular complexity index is 2820. The molecule has 7 rings (SSSR count). The van der Waals surface area contributed by atoms with Crippen molar-refractivity contribution >= 4 is 87.4 Å². The molecule has 1 aliphatic heterocycles. The van der Waals surface area contributed by atoms with E-state index in [4.69, 9.17) is 18.6 Å². The Kier molecular flexibility index (Phi) is 15.6. The average molecular weight is 1090 g/mol. The van der Waals surface area contributed by atoms with Crippen LogP contribution in [-0.2, 0) is 27.4 Å². The lowest BCUT2D eigenvalue weighted by atomic mass is 9.96. The van der Waals surface area contributed by atoms with Crippen molar-refractivity contribution in [1.29, 1.82) is 0 Å². The standard InChI is InChI=1S/C52H47Br4O6/c1-31(2)17-19-59-29-37-9-5-7-11-39(37)49-25-33(23-47(61-49)35-13-15-43(53)45(55)27-35)21-41-51(57)42(52(41)58)22-34-24-48(36-14-16-44(54)46(56)28-36)62-50(26-34)40-12-8-6-10-38(40)30-60-20-18-32(3)4/h5-16,21-28,31-33H,17-20,29-30H2,1-4H3/q+1. The quantitative estimate of drug-likeness (QED) is 0.0710. The van der Waals surface area contributed by atoms with Gasteiger partial charge in [-0.1, -0.05) is 82.3 Å². The van der Waals surface area contributed by atoms with Crippen LogP contribution >= 0.6 is 63.7 Å². The molecule has 0 N–H and O–H groups in total. The van der Waals surface area contributed by atoms with Crippen LogP contribution in [0.15, 0.2) is 141 Å². The zero-order valence-corrected chi connectivity index (χ0v) is 41.3. The van der Waals surface area contributed by atoms with E-state index in [2.05, 4.69) is 91.4 Å². The summed E-state index contributed by atoms with van der Waals surface area (Å²) in [6.07, 6.45) is 9.23. The summed E-state index contributed by atoms with van der Waals surface area (Å²) in [6, 6.07) is 31.5. The smallest absolute Gasteiger partial charge is 0.361 e. The number of allylic oxidation sites excluding steroid dienone is 2. The highest BCUT2D eigenvalue weighted by Crippen LogP contribution is 2.37. The lowest BCUT2D eigenvalue weighted by Gasteiger charge is -2.23. The summed E-state index contributed by atoms with van der Waals surface area (Å²) in [4.78, 5) is 28.0. The molecular weight excluding hydrogens is 1040 g/mol. The number of benzene rings is 4. The third kappa shape index (κ3) is 11.4. The van der Waals surface area contributed by atoms with Crippen LogP contribution in [-0.4, -0.2) is 13.2 Å². The molecule has 0 fully saturated rings. The second-order valence-electron chi connectivity index (χ2n) is 16.2. The first-order valence-corrected chi connectivity index (χ1v) is 23.9. The Morgan fingerprint density at radius 3 is 1.76 bits per heavy atom. The lowest BCUT2D eigenvalue weighted by molar-refractivity contribution is 0.110. The fourth-order valence-electron chi connectivity index (χ4n) is 7.01. The van der Waals surface area contributed by atoms with Crippen molar-refractivity contribution in [2.45, 2.75) is 53.8 Å². The van der Waals surface area contributed by atoms with Crippen LogP contribution in [0.1, 0.15) is 68.4 Å². The Labute approximate surface area is 396 Å². The topological polar surface area (TPSA) is 73.1 Å². The molecule has 318 valence electrons. The summed E-state index contributed by atoms with van der Waals surface area (Å²) in [6.45, 7) is 10.9. The Morgan fingerprint density at radius 1 is 0.613 bits per heavy atom. The minimum absolute atomic E-state index is 0.114. The Balaban J connectivity index is 1.29. The first-order chi connectivity index (χ1) is 29.8. The van der Waals surface area contributed by atoms with E-state index in [1.165, 1.54) is 0 Å². The molecule has 6 nitrogen and oxygen atoms in total. The van der Waals surface area contributed by atoms with E-state index in [-0.39, 0.29) is 21.3 Å². The first-order valence-electron chi connectivity index (χ1n) is 20.7. The van der Waals surface area contributed by atoms with Crippen molar-refractivity contribution in [3.05, 3.63) is 186 Å². The van der Waals surface area contributed by atoms with E-state index in [9.17, 15) is 9.59 Å². The third-order valence-corrected chi connectivity index (χ3v) is 14.3. The van der Waals surface area contributed by atoms with Crippen molar-refractivity contribution in [2.24, 2.45) is 17.8 Å². The van der Waals surface area contributed by atoms with Gasteiger partial charge in [-0.05, 0) is 160 Å². The number of ether oxygens (including phenoxy) is 3. The van der Waals surface area contributed by atoms with E-state index in [1.807, 2.05) is 109 Å². The van der Waals surface area contributed by atoms with E-state index < -0.39 is 5.92 Å². The maximum Gasteiger partial charge on any atom is 0.361 e. The molecule has 2 heterocycles. The van der Waals surface area contributed by atoms with Crippen LogP contribution in [0.4, 0.5) is 0 Å². The first kappa shape index (κ1) is 46.0. The van der Waals surface area contributed by atoms with Crippen LogP contribution < -0.4 is 21.3 Å². The molecule has 62 heavy (non-hydrogen) atoms. The molecule has 6 aromatic rings. The molecule has 0 radical (unpaired) electrons. The van der Waals surface area contributed by atoms with E-state index in [0.29, 0.717) is 66.9 Å². The minimum atomic E-state index is -0.417. The lowest BCUT2D eigenvalue weighted by Crippen LogP contribution is -2.64. The van der Waals surface area contributed by atoms with E-state index in [0.717, 1.165) is 64.1 Å². The summed E-state index contributed by atoms with van der Waals surface area (Å²) in [5.41, 5.74) is 5.41. The number of hydrogen-bond acceptors (Lipinski definition) is 5. The maximum atomic E-state index is 14.0. The predicted octanol–water partition coefficient (Wildman–Crippen LogP) is 13.0. The SMILES string of the molecule is CC(C)CCOCc1ccccc1C1=CC(C=c2c(=O)c(=Cc3cc(-c4ccc(Br)c(Br)c4)[o+]c(-c4ccccc4COCCC(C)C)c3)c2=O)C=C(c2ccc(Br)c(Br)c2)O1. The Morgan fingerprint density at radius 2 is 1.15 bits per heavy atom. The average Bonchev–Trinajstić information content (AvgIpc) is 3.26. The predicted molar refractivity (Wildman–Crippen MR) is 265 cm³/mol. The summed E-state index contributed by atoms with van der Waals surface area (Å²) in [5, 5.41) is 0.251. The summed E-state index contributed by atoms with van der Waals surface area (Å²) < 4.78 is 28.9. The van der Waals surface area contributed by atoms with E-state index >= 15 is 0 Å². The van der Waals surface area contributed by atoms with Gasteiger partial charge in [0.15, 0.2) is 0 Å². The van der Waals surface area contributed by atoms with Crippen molar-refractivity contribution < 1.29 is 18.6 Å². The molecule has 1 aromatic heterocycles. The number of hydrogen-bond donors (Lipinski definition) is 0. The fourth-order valence-corrected chi connectivity index (χ4v) is 8.26. The van der Waals surface area contributed by atoms with E-state index in [1.54, 1.807) is 12.2 Å². The highest BCUT2D eigenvalue weighted by molar-refractivity contribution is 9.13. The zero-order valence-electron chi connectivity index (χ0n) is 35.0. The third-order valence-electron chi connectivity index (χ3n) is 10.5. The van der Waals surface area contributed by atoms with Gasteiger partial charge < -0.3 is 14.2 Å². The monoisotopic (exact) mass is 1080 g/mol. The highest BCUT2D eigenvalue weighted by Gasteiger charge is 2.24. The molecule has 1 unspecified atom stereocenters. The molecule has 0 spiro atoms. The normalized spacial score (nSPS) is 13.9. The molecule has 0 aliphatic carbocycles. The van der Waals surface area contributed by atoms with Crippen molar-refractivity contribution in [3.63, 3.8) is 0 Å². The van der Waals surface area contributed by atoms with Gasteiger partial charge in [0.2, 0.25) is 10.9 Å². The highest BCUT2D eigenvalue weighted by atomic mass is 79.9. The molecule has 10 heteroatoms. The van der Waals surface area contributed by atoms with Crippen molar-refractivity contribution in [1.82, 2.24) is 0 Å². The summed E-state index contributed by atoms with van der Waals surface area (Å²) in [7, 11) is 0. The van der Waals surface area contributed by atoms with Crippen LogP contribution in [0, 0.1) is 17.8 Å². The molecule has 0 amide bonds. The van der Waals surface area contributed by atoms with Crippen LogP contribution in [0.25, 0.3) is 46.3 Å². The molecular formula is C52H47Br4O6+. The van der Waals surface area contributed by atoms with Gasteiger partial charge in [-0.3, -0.25) is 9.59 Å². The molecule has 0 saturated heterocycles. The molecule has 1 atom stereocenters. The number of halogens is 4. The second-order valence-corrected chi connectivity index (χ2v) is 19.6. The summed E-state index contributed by atoms with van der Waals surface area (Å²) in [5.74, 6) is 3.07. The van der Waals surface area contributed by atoms with Gasteiger partial charge in [-0.15, -0.1) is 0 Å². The van der Waals surface area contributed by atoms with Gasteiger partial charge in [-0.2, -0.15) is 0 Å². The molecule has 0 bridgehead atoms. The van der Waals surface area contributed by atoms with Gasteiger partial charge in [0, 0.05) is 48.1 Å². The fraction of sp³-hybridized carbons (Fsp3) is 0.250. The van der Waals surface area contributed by atoms with Crippen LogP contribution in [0.3, 0.4) is 0 Å². The van der Waals surface area contributed by atoms with Gasteiger partial charge in [0.1, 0.15) is 11.5 Å². The van der Waals surface area contributed by atoms with Crippen LogP contribution in [0.5, 0.6) is 0 Å². The molecule has 5 aromatic carbocycles. The second kappa shape index (κ2) is 21.1. The van der Waals surface area contributed by atoms with Gasteiger partial charge >= 0.3 is 11.5 Å². The molecule has 1 aliphatic rings.